The number of hydrogen-bond acceptors (Lipinski definition) is 8. The molecule has 0 bridgehead atoms. The van der Waals surface area contributed by atoms with Crippen molar-refractivity contribution in [2.45, 2.75) is 51.4 Å². The van der Waals surface area contributed by atoms with Gasteiger partial charge in [-0.15, -0.1) is 0 Å². The molecule has 0 spiro atoms. The van der Waals surface area contributed by atoms with Crippen molar-refractivity contribution in [3.63, 3.8) is 0 Å². The molecule has 5 rings (SSSR count). The Hall–Kier alpha value is -4.70. The van der Waals surface area contributed by atoms with Crippen LogP contribution in [0.15, 0.2) is 67.4 Å². The number of benzene rings is 1. The number of pyridine rings is 2. The summed E-state index contributed by atoms with van der Waals surface area (Å²) in [5.74, 6) is -0.380. The minimum Gasteiger partial charge on any atom is -0.486 e. The molecule has 2 aromatic heterocycles. The summed E-state index contributed by atoms with van der Waals surface area (Å²) in [5.41, 5.74) is 2.36. The number of carbonyl (C=O) groups excluding carboxylic acids is 2. The molecular weight excluding hydrogens is 606 g/mol. The van der Waals surface area contributed by atoms with Crippen molar-refractivity contribution in [1.82, 2.24) is 9.97 Å². The number of allylic oxidation sites excluding steroid dienone is 4. The van der Waals surface area contributed by atoms with Gasteiger partial charge in [0.05, 0.1) is 19.1 Å². The maximum Gasteiger partial charge on any atom is 0.257 e. The molecule has 1 saturated carbocycles. The lowest BCUT2D eigenvalue weighted by molar-refractivity contribution is -0.134. The zero-order valence-electron chi connectivity index (χ0n) is 26.7. The molecule has 0 saturated heterocycles. The van der Waals surface area contributed by atoms with Crippen LogP contribution in [0.2, 0.25) is 0 Å². The van der Waals surface area contributed by atoms with Crippen LogP contribution >= 0.6 is 0 Å². The largest absolute Gasteiger partial charge is 0.486 e. The first-order chi connectivity index (χ1) is 22.7. The van der Waals surface area contributed by atoms with E-state index >= 15 is 4.39 Å². The molecule has 10 heteroatoms. The van der Waals surface area contributed by atoms with Crippen molar-refractivity contribution in [2.75, 3.05) is 27.4 Å². The van der Waals surface area contributed by atoms with Crippen molar-refractivity contribution in [1.29, 1.82) is 0 Å². The number of rotatable bonds is 17. The van der Waals surface area contributed by atoms with Crippen LogP contribution in [-0.2, 0) is 27.2 Å². The highest BCUT2D eigenvalue weighted by Gasteiger charge is 2.54. The molecule has 1 aromatic carbocycles. The standard InChI is InChI=1S/C37H38F2N2O6/c1-24-7-4-10-30(34-28(24)22-31(36(41-34)45-3)46-20-19-44-2)47-35-29(39)21-26(23-40-35)9-6-12-33(43)37(17-18-37)32(42)11-5-8-25-13-15-27(38)16-14-25/h4,7,10,13-16,21-23H,1,5-6,8-9,11-12,17-20H2,2-3H3. The third kappa shape index (κ3) is 8.18. The number of carbonyl (C=O) groups is 2. The van der Waals surface area contributed by atoms with E-state index in [9.17, 15) is 14.0 Å². The quantitative estimate of drug-likeness (QED) is 0.114. The lowest BCUT2D eigenvalue weighted by Gasteiger charge is -2.16. The lowest BCUT2D eigenvalue weighted by atomic mass is 9.88. The van der Waals surface area contributed by atoms with Crippen LogP contribution in [0, 0.1) is 17.0 Å². The van der Waals surface area contributed by atoms with Gasteiger partial charge in [0.1, 0.15) is 29.7 Å². The summed E-state index contributed by atoms with van der Waals surface area (Å²) in [6.07, 6.45) is 10.5. The predicted molar refractivity (Wildman–Crippen MR) is 173 cm³/mol. The van der Waals surface area contributed by atoms with Crippen molar-refractivity contribution >= 4 is 22.9 Å². The summed E-state index contributed by atoms with van der Waals surface area (Å²) < 4.78 is 50.5. The van der Waals surface area contributed by atoms with Gasteiger partial charge in [-0.1, -0.05) is 30.9 Å². The van der Waals surface area contributed by atoms with Crippen LogP contribution in [0.4, 0.5) is 8.78 Å². The van der Waals surface area contributed by atoms with Gasteiger partial charge in [-0.25, -0.2) is 18.7 Å². The second-order valence-electron chi connectivity index (χ2n) is 11.6. The Morgan fingerprint density at radius 1 is 0.936 bits per heavy atom. The third-order valence-corrected chi connectivity index (χ3v) is 8.36. The average Bonchev–Trinajstić information content (AvgIpc) is 3.89. The third-order valence-electron chi connectivity index (χ3n) is 8.36. The SMILES string of the molecule is C=C1C=CC=C(Oc2ncc(CCCC(=O)C3(C(=O)CCCc4ccc(F)cc4)CC3)cc2F)c2nc(OC)c(OCCOC)cc21. The molecule has 0 unspecified atom stereocenters. The maximum absolute atomic E-state index is 15.2. The molecule has 0 aliphatic heterocycles. The van der Waals surface area contributed by atoms with E-state index in [0.29, 0.717) is 86.3 Å². The number of aromatic nitrogens is 2. The summed E-state index contributed by atoms with van der Waals surface area (Å²) in [5, 5.41) is 0. The number of halogens is 2. The molecule has 3 aromatic rings. The fourth-order valence-electron chi connectivity index (χ4n) is 5.55. The lowest BCUT2D eigenvalue weighted by Crippen LogP contribution is -2.26. The topological polar surface area (TPSA) is 96.8 Å². The van der Waals surface area contributed by atoms with Crippen molar-refractivity contribution in [2.24, 2.45) is 5.41 Å². The fourth-order valence-corrected chi connectivity index (χ4v) is 5.55. The zero-order valence-corrected chi connectivity index (χ0v) is 26.7. The average molecular weight is 645 g/mol. The first-order valence-corrected chi connectivity index (χ1v) is 15.7. The molecule has 47 heavy (non-hydrogen) atoms. The molecule has 1 fully saturated rings. The van der Waals surface area contributed by atoms with E-state index < -0.39 is 11.2 Å². The minimum atomic E-state index is -0.875. The normalized spacial score (nSPS) is 14.6. The van der Waals surface area contributed by atoms with Gasteiger partial charge in [0.25, 0.3) is 11.8 Å². The Balaban J connectivity index is 1.17. The van der Waals surface area contributed by atoms with Gasteiger partial charge in [-0.05, 0) is 85.6 Å². The molecule has 0 radical (unpaired) electrons. The summed E-state index contributed by atoms with van der Waals surface area (Å²) in [6.45, 7) is 4.77. The van der Waals surface area contributed by atoms with Gasteiger partial charge < -0.3 is 18.9 Å². The van der Waals surface area contributed by atoms with Crippen molar-refractivity contribution in [3.8, 4) is 17.5 Å². The molecule has 2 aliphatic carbocycles. The van der Waals surface area contributed by atoms with E-state index in [0.717, 1.165) is 5.56 Å². The van der Waals surface area contributed by atoms with Crippen LogP contribution in [0.3, 0.4) is 0 Å². The Morgan fingerprint density at radius 3 is 2.28 bits per heavy atom. The van der Waals surface area contributed by atoms with Gasteiger partial charge in [0, 0.05) is 31.7 Å². The summed E-state index contributed by atoms with van der Waals surface area (Å²) in [7, 11) is 3.05. The number of nitrogens with zero attached hydrogens (tertiary/aromatic N) is 2. The molecule has 0 amide bonds. The van der Waals surface area contributed by atoms with E-state index in [-0.39, 0.29) is 41.3 Å². The van der Waals surface area contributed by atoms with Crippen LogP contribution < -0.4 is 14.2 Å². The minimum absolute atomic E-state index is 0.0198. The molecule has 8 nitrogen and oxygen atoms in total. The Kier molecular flexibility index (Phi) is 10.9. The molecule has 246 valence electrons. The molecule has 2 heterocycles. The zero-order chi connectivity index (χ0) is 33.4. The summed E-state index contributed by atoms with van der Waals surface area (Å²) >= 11 is 0. The van der Waals surface area contributed by atoms with E-state index in [1.807, 2.05) is 0 Å². The number of methoxy groups -OCH3 is 2. The molecule has 2 aliphatic rings. The second-order valence-corrected chi connectivity index (χ2v) is 11.6. The second kappa shape index (κ2) is 15.3. The summed E-state index contributed by atoms with van der Waals surface area (Å²) in [6, 6.07) is 9.31. The van der Waals surface area contributed by atoms with Gasteiger partial charge in [0.2, 0.25) is 0 Å². The number of ketones is 2. The number of hydrogen-bond donors (Lipinski definition) is 0. The van der Waals surface area contributed by atoms with E-state index in [2.05, 4.69) is 16.5 Å². The first-order valence-electron chi connectivity index (χ1n) is 15.7. The molecule has 0 atom stereocenters. The van der Waals surface area contributed by atoms with Gasteiger partial charge in [-0.2, -0.15) is 0 Å². The monoisotopic (exact) mass is 644 g/mol. The highest BCUT2D eigenvalue weighted by atomic mass is 19.1. The number of aryl methyl sites for hydroxylation is 2. The van der Waals surface area contributed by atoms with Gasteiger partial charge >= 0.3 is 0 Å². The predicted octanol–water partition coefficient (Wildman–Crippen LogP) is 7.06. The van der Waals surface area contributed by atoms with E-state index in [1.165, 1.54) is 31.5 Å². The van der Waals surface area contributed by atoms with Crippen LogP contribution in [0.25, 0.3) is 11.3 Å². The number of ether oxygens (including phenoxy) is 4. The Morgan fingerprint density at radius 2 is 1.64 bits per heavy atom. The molecule has 0 N–H and O–H groups in total. The van der Waals surface area contributed by atoms with E-state index in [4.69, 9.17) is 18.9 Å². The van der Waals surface area contributed by atoms with Gasteiger partial charge in [0.15, 0.2) is 17.3 Å². The van der Waals surface area contributed by atoms with Crippen LogP contribution in [0.1, 0.15) is 60.9 Å². The maximum atomic E-state index is 15.2. The first kappa shape index (κ1) is 33.7. The number of Topliss-reactive ketones (excluding diaryl/α,β-unsaturated/α-hetero) is 2. The number of fused-ring (bicyclic) bond motifs is 1. The van der Waals surface area contributed by atoms with Crippen molar-refractivity contribution < 1.29 is 37.3 Å². The highest BCUT2D eigenvalue weighted by Crippen LogP contribution is 2.49. The fraction of sp³-hybridized carbons (Fsp3) is 0.351. The van der Waals surface area contributed by atoms with Gasteiger partial charge in [-0.3, -0.25) is 9.59 Å². The highest BCUT2D eigenvalue weighted by molar-refractivity contribution is 6.09. The summed E-state index contributed by atoms with van der Waals surface area (Å²) in [4.78, 5) is 34.7. The van der Waals surface area contributed by atoms with Crippen LogP contribution in [0.5, 0.6) is 17.5 Å². The van der Waals surface area contributed by atoms with Crippen LogP contribution in [-0.4, -0.2) is 49.0 Å². The Bertz CT molecular complexity index is 1700. The van der Waals surface area contributed by atoms with E-state index in [1.54, 1.807) is 43.5 Å². The smallest absolute Gasteiger partial charge is 0.257 e. The Labute approximate surface area is 273 Å². The van der Waals surface area contributed by atoms with Crippen molar-refractivity contribution in [3.05, 3.63) is 101 Å². The molecular formula is C37H38F2N2O6.